The summed E-state index contributed by atoms with van der Waals surface area (Å²) in [5.41, 5.74) is 3.52. The molecule has 0 bridgehead atoms. The van der Waals surface area contributed by atoms with Gasteiger partial charge in [0.15, 0.2) is 0 Å². The molecule has 0 spiro atoms. The molecule has 0 aromatic heterocycles. The first-order chi connectivity index (χ1) is 12.3. The lowest BCUT2D eigenvalue weighted by Crippen LogP contribution is -2.43. The van der Waals surface area contributed by atoms with Crippen LogP contribution >= 0.6 is 22.6 Å². The molecule has 0 fully saturated rings. The second-order valence-electron chi connectivity index (χ2n) is 5.94. The van der Waals surface area contributed by atoms with Gasteiger partial charge >= 0.3 is 0 Å². The third-order valence-electron chi connectivity index (χ3n) is 4.29. The summed E-state index contributed by atoms with van der Waals surface area (Å²) in [5.74, 6) is 0. The Labute approximate surface area is 161 Å². The van der Waals surface area contributed by atoms with Gasteiger partial charge in [0.2, 0.25) is 0 Å². The molecule has 3 nitrogen and oxygen atoms in total. The summed E-state index contributed by atoms with van der Waals surface area (Å²) >= 11 is 2.33. The van der Waals surface area contributed by atoms with Gasteiger partial charge in [-0.1, -0.05) is 48.5 Å². The summed E-state index contributed by atoms with van der Waals surface area (Å²) in [4.78, 5) is 9.37. The molecule has 0 N–H and O–H groups in total. The van der Waals surface area contributed by atoms with E-state index in [2.05, 4.69) is 105 Å². The fourth-order valence-electron chi connectivity index (χ4n) is 3.01. The van der Waals surface area contributed by atoms with E-state index >= 15 is 0 Å². The summed E-state index contributed by atoms with van der Waals surface area (Å²) in [6, 6.07) is 29.5. The van der Waals surface area contributed by atoms with Crippen molar-refractivity contribution in [3.8, 4) is 0 Å². The number of anilines is 2. The van der Waals surface area contributed by atoms with Gasteiger partial charge in [0.05, 0.1) is 13.0 Å². The Kier molecular flexibility index (Phi) is 4.70. The van der Waals surface area contributed by atoms with Crippen molar-refractivity contribution in [1.29, 1.82) is 0 Å². The van der Waals surface area contributed by atoms with Crippen LogP contribution in [0.3, 0.4) is 0 Å². The van der Waals surface area contributed by atoms with Crippen molar-refractivity contribution in [2.75, 3.05) is 16.5 Å². The average Bonchev–Trinajstić information content (AvgIpc) is 2.70. The summed E-state index contributed by atoms with van der Waals surface area (Å²) in [7, 11) is 0. The van der Waals surface area contributed by atoms with E-state index in [1.165, 1.54) is 14.8 Å². The van der Waals surface area contributed by atoms with Crippen molar-refractivity contribution in [3.63, 3.8) is 0 Å². The molecule has 25 heavy (non-hydrogen) atoms. The van der Waals surface area contributed by atoms with Gasteiger partial charge in [-0.2, -0.15) is 0 Å². The van der Waals surface area contributed by atoms with E-state index < -0.39 is 0 Å². The van der Waals surface area contributed by atoms with E-state index in [1.807, 2.05) is 18.5 Å². The largest absolute Gasteiger partial charge is 0.328 e. The molecule has 0 saturated heterocycles. The van der Waals surface area contributed by atoms with Crippen LogP contribution in [0.2, 0.25) is 0 Å². The Morgan fingerprint density at radius 1 is 0.760 bits per heavy atom. The molecule has 1 aliphatic rings. The maximum Gasteiger partial charge on any atom is 0.150 e. The first-order valence-electron chi connectivity index (χ1n) is 8.23. The molecule has 0 amide bonds. The number of benzene rings is 3. The Morgan fingerprint density at radius 2 is 1.36 bits per heavy atom. The number of aliphatic imine (C=N–C) groups is 1. The third-order valence-corrected chi connectivity index (χ3v) is 5.01. The average molecular weight is 439 g/mol. The minimum atomic E-state index is -0.0145. The van der Waals surface area contributed by atoms with Crippen LogP contribution in [0.25, 0.3) is 0 Å². The fourth-order valence-corrected chi connectivity index (χ4v) is 3.37. The standard InChI is InChI=1S/C21H18IN3/c22-18-13-11-17(12-14-18)21-23-15-24(19-7-3-1-4-8-19)16-25(21)20-9-5-2-6-10-20/h1-15,21H,16H2. The third kappa shape index (κ3) is 3.54. The molecular formula is C21H18IN3. The molecule has 0 radical (unpaired) electrons. The smallest absolute Gasteiger partial charge is 0.150 e. The van der Waals surface area contributed by atoms with Crippen LogP contribution in [0.4, 0.5) is 11.4 Å². The quantitative estimate of drug-likeness (QED) is 0.516. The highest BCUT2D eigenvalue weighted by Gasteiger charge is 2.25. The Morgan fingerprint density at radius 3 is 2.00 bits per heavy atom. The fraction of sp³-hybridized carbons (Fsp3) is 0.0952. The van der Waals surface area contributed by atoms with E-state index in [0.29, 0.717) is 0 Å². The molecule has 124 valence electrons. The van der Waals surface area contributed by atoms with Gasteiger partial charge in [-0.05, 0) is 64.6 Å². The predicted octanol–water partition coefficient (Wildman–Crippen LogP) is 5.30. The lowest BCUT2D eigenvalue weighted by Gasteiger charge is -2.39. The van der Waals surface area contributed by atoms with E-state index in [0.717, 1.165) is 12.4 Å². The lowest BCUT2D eigenvalue weighted by molar-refractivity contribution is 0.631. The minimum Gasteiger partial charge on any atom is -0.328 e. The highest BCUT2D eigenvalue weighted by Crippen LogP contribution is 2.32. The molecular weight excluding hydrogens is 421 g/mol. The van der Waals surface area contributed by atoms with Crippen LogP contribution in [0.15, 0.2) is 89.9 Å². The van der Waals surface area contributed by atoms with Crippen molar-refractivity contribution < 1.29 is 0 Å². The molecule has 0 aliphatic carbocycles. The zero-order valence-corrected chi connectivity index (χ0v) is 15.8. The van der Waals surface area contributed by atoms with Crippen LogP contribution in [-0.2, 0) is 0 Å². The predicted molar refractivity (Wildman–Crippen MR) is 113 cm³/mol. The van der Waals surface area contributed by atoms with Gasteiger partial charge in [0.1, 0.15) is 6.17 Å². The van der Waals surface area contributed by atoms with E-state index in [-0.39, 0.29) is 6.17 Å². The molecule has 3 aromatic carbocycles. The highest BCUT2D eigenvalue weighted by molar-refractivity contribution is 14.1. The molecule has 1 unspecified atom stereocenters. The van der Waals surface area contributed by atoms with Gasteiger partial charge in [-0.15, -0.1) is 0 Å². The maximum absolute atomic E-state index is 4.87. The molecule has 1 heterocycles. The van der Waals surface area contributed by atoms with Crippen molar-refractivity contribution in [2.24, 2.45) is 4.99 Å². The molecule has 4 rings (SSSR count). The van der Waals surface area contributed by atoms with Crippen molar-refractivity contribution in [2.45, 2.75) is 6.17 Å². The first-order valence-corrected chi connectivity index (χ1v) is 9.31. The zero-order valence-electron chi connectivity index (χ0n) is 13.7. The second-order valence-corrected chi connectivity index (χ2v) is 7.19. The second kappa shape index (κ2) is 7.27. The monoisotopic (exact) mass is 439 g/mol. The van der Waals surface area contributed by atoms with Gasteiger partial charge in [0, 0.05) is 14.9 Å². The van der Waals surface area contributed by atoms with E-state index in [9.17, 15) is 0 Å². The Balaban J connectivity index is 1.72. The summed E-state index contributed by atoms with van der Waals surface area (Å²) in [5, 5.41) is 0. The highest BCUT2D eigenvalue weighted by atomic mass is 127. The minimum absolute atomic E-state index is 0.0145. The topological polar surface area (TPSA) is 18.8 Å². The number of nitrogens with zero attached hydrogens (tertiary/aromatic N) is 3. The molecule has 0 saturated carbocycles. The zero-order chi connectivity index (χ0) is 17.1. The molecule has 3 aromatic rings. The summed E-state index contributed by atoms with van der Waals surface area (Å²) in [6.45, 7) is 0.758. The number of hydrogen-bond acceptors (Lipinski definition) is 3. The van der Waals surface area contributed by atoms with Crippen LogP contribution in [0.1, 0.15) is 11.7 Å². The maximum atomic E-state index is 4.87. The molecule has 4 heteroatoms. The van der Waals surface area contributed by atoms with Gasteiger partial charge in [-0.25, -0.2) is 4.99 Å². The van der Waals surface area contributed by atoms with Crippen molar-refractivity contribution in [3.05, 3.63) is 94.1 Å². The van der Waals surface area contributed by atoms with Crippen LogP contribution < -0.4 is 9.80 Å². The number of hydrogen-bond donors (Lipinski definition) is 0. The number of halogens is 1. The van der Waals surface area contributed by atoms with E-state index in [1.54, 1.807) is 0 Å². The van der Waals surface area contributed by atoms with Gasteiger partial charge < -0.3 is 9.80 Å². The summed E-state index contributed by atoms with van der Waals surface area (Å²) < 4.78 is 1.23. The first kappa shape index (κ1) is 16.1. The number of para-hydroxylation sites is 2. The SMILES string of the molecule is Ic1ccc(C2N=CN(c3ccccc3)CN2c2ccccc2)cc1. The van der Waals surface area contributed by atoms with Crippen molar-refractivity contribution >= 4 is 40.3 Å². The van der Waals surface area contributed by atoms with Crippen molar-refractivity contribution in [1.82, 2.24) is 0 Å². The Hall–Kier alpha value is -2.34. The Bertz CT molecular complexity index is 847. The summed E-state index contributed by atoms with van der Waals surface area (Å²) in [6.07, 6.45) is 1.94. The van der Waals surface area contributed by atoms with Crippen LogP contribution in [-0.4, -0.2) is 13.0 Å². The lowest BCUT2D eigenvalue weighted by atomic mass is 10.1. The van der Waals surface area contributed by atoms with Crippen LogP contribution in [0.5, 0.6) is 0 Å². The van der Waals surface area contributed by atoms with Gasteiger partial charge in [-0.3, -0.25) is 0 Å². The normalized spacial score (nSPS) is 16.9. The van der Waals surface area contributed by atoms with Crippen LogP contribution in [0, 0.1) is 3.57 Å². The van der Waals surface area contributed by atoms with E-state index in [4.69, 9.17) is 4.99 Å². The molecule has 1 atom stereocenters. The number of rotatable bonds is 3. The molecule has 1 aliphatic heterocycles. The van der Waals surface area contributed by atoms with Gasteiger partial charge in [0.25, 0.3) is 0 Å².